The highest BCUT2D eigenvalue weighted by atomic mass is 35.5. The van der Waals surface area contributed by atoms with Crippen molar-refractivity contribution in [1.82, 2.24) is 0 Å². The Morgan fingerprint density at radius 1 is 0.913 bits per heavy atom. The quantitative estimate of drug-likeness (QED) is 0.486. The first-order valence-corrected chi connectivity index (χ1v) is 7.70. The molecule has 2 nitrogen and oxygen atoms in total. The van der Waals surface area contributed by atoms with E-state index in [4.69, 9.17) is 23.2 Å². The van der Waals surface area contributed by atoms with Gasteiger partial charge in [-0.05, 0) is 35.7 Å². The van der Waals surface area contributed by atoms with E-state index in [-0.39, 0.29) is 17.1 Å². The third-order valence-corrected chi connectivity index (χ3v) is 4.23. The first-order valence-electron chi connectivity index (χ1n) is 6.95. The number of fused-ring (bicyclic) bond motifs is 1. The molecule has 4 heteroatoms. The number of ketones is 1. The van der Waals surface area contributed by atoms with E-state index in [1.54, 1.807) is 42.5 Å². The molecule has 3 aromatic carbocycles. The van der Waals surface area contributed by atoms with Gasteiger partial charge in [-0.2, -0.15) is 0 Å². The first-order chi connectivity index (χ1) is 11.1. The highest BCUT2D eigenvalue weighted by Crippen LogP contribution is 2.30. The highest BCUT2D eigenvalue weighted by molar-refractivity contribution is 6.37. The summed E-state index contributed by atoms with van der Waals surface area (Å²) >= 11 is 12.1. The number of halogens is 2. The summed E-state index contributed by atoms with van der Waals surface area (Å²) in [7, 11) is 0. The van der Waals surface area contributed by atoms with Crippen molar-refractivity contribution < 1.29 is 9.90 Å². The first kappa shape index (κ1) is 15.6. The van der Waals surface area contributed by atoms with Gasteiger partial charge in [-0.1, -0.05) is 59.6 Å². The van der Waals surface area contributed by atoms with Gasteiger partial charge in [0.05, 0.1) is 5.56 Å². The molecule has 0 bridgehead atoms. The van der Waals surface area contributed by atoms with Gasteiger partial charge in [0.2, 0.25) is 0 Å². The molecule has 0 heterocycles. The number of carbonyl (C=O) groups is 1. The van der Waals surface area contributed by atoms with Crippen molar-refractivity contribution in [3.8, 4) is 5.75 Å². The summed E-state index contributed by atoms with van der Waals surface area (Å²) in [6.07, 6.45) is 2.92. The smallest absolute Gasteiger partial charge is 0.189 e. The van der Waals surface area contributed by atoms with Gasteiger partial charge < -0.3 is 5.11 Å². The summed E-state index contributed by atoms with van der Waals surface area (Å²) in [5.74, 6) is -0.341. The maximum atomic E-state index is 12.4. The van der Waals surface area contributed by atoms with Crippen molar-refractivity contribution in [1.29, 1.82) is 0 Å². The van der Waals surface area contributed by atoms with E-state index in [1.165, 1.54) is 6.08 Å². The lowest BCUT2D eigenvalue weighted by Crippen LogP contribution is -1.95. The molecule has 1 N–H and O–H groups in total. The van der Waals surface area contributed by atoms with Crippen LogP contribution in [0.3, 0.4) is 0 Å². The van der Waals surface area contributed by atoms with Gasteiger partial charge in [-0.3, -0.25) is 4.79 Å². The van der Waals surface area contributed by atoms with Crippen LogP contribution < -0.4 is 0 Å². The lowest BCUT2D eigenvalue weighted by molar-refractivity contribution is 0.104. The van der Waals surface area contributed by atoms with Crippen LogP contribution in [0.15, 0.2) is 60.7 Å². The van der Waals surface area contributed by atoms with Gasteiger partial charge in [-0.25, -0.2) is 0 Å². The molecule has 0 spiro atoms. The van der Waals surface area contributed by atoms with E-state index in [2.05, 4.69) is 0 Å². The number of phenolic OH excluding ortho intramolecular Hbond substituents is 1. The van der Waals surface area contributed by atoms with E-state index >= 15 is 0 Å². The summed E-state index contributed by atoms with van der Waals surface area (Å²) in [5.41, 5.74) is 0.813. The number of carbonyl (C=O) groups excluding carboxylic acids is 1. The zero-order valence-corrected chi connectivity index (χ0v) is 13.5. The second kappa shape index (κ2) is 6.45. The Labute approximate surface area is 143 Å². The van der Waals surface area contributed by atoms with Crippen molar-refractivity contribution >= 4 is 45.8 Å². The van der Waals surface area contributed by atoms with E-state index in [9.17, 15) is 9.90 Å². The van der Waals surface area contributed by atoms with Crippen molar-refractivity contribution in [2.45, 2.75) is 0 Å². The van der Waals surface area contributed by atoms with Crippen LogP contribution in [0.5, 0.6) is 5.75 Å². The lowest BCUT2D eigenvalue weighted by atomic mass is 10.0. The van der Waals surface area contributed by atoms with Gasteiger partial charge >= 0.3 is 0 Å². The van der Waals surface area contributed by atoms with Gasteiger partial charge in [0.25, 0.3) is 0 Å². The van der Waals surface area contributed by atoms with Crippen LogP contribution in [-0.4, -0.2) is 10.9 Å². The molecule has 0 atom stereocenters. The van der Waals surface area contributed by atoms with Crippen LogP contribution in [0.1, 0.15) is 15.9 Å². The number of rotatable bonds is 3. The number of phenols is 1. The summed E-state index contributed by atoms with van der Waals surface area (Å²) in [5, 5.41) is 12.8. The Hall–Kier alpha value is -2.29. The number of hydrogen-bond donors (Lipinski definition) is 1. The average Bonchev–Trinajstić information content (AvgIpc) is 2.55. The molecule has 0 aliphatic heterocycles. The zero-order chi connectivity index (χ0) is 16.4. The second-order valence-electron chi connectivity index (χ2n) is 5.02. The fourth-order valence-electron chi connectivity index (χ4n) is 2.37. The number of benzene rings is 3. The predicted molar refractivity (Wildman–Crippen MR) is 95.4 cm³/mol. The maximum absolute atomic E-state index is 12.4. The predicted octanol–water partition coefficient (Wildman–Crippen LogP) is 5.75. The number of aromatic hydroxyl groups is 1. The molecular weight excluding hydrogens is 331 g/mol. The summed E-state index contributed by atoms with van der Waals surface area (Å²) in [6.45, 7) is 0. The minimum absolute atomic E-state index is 0.0250. The molecule has 0 aliphatic carbocycles. The van der Waals surface area contributed by atoms with E-state index in [0.29, 0.717) is 21.0 Å². The molecule has 0 aromatic heterocycles. The largest absolute Gasteiger partial charge is 0.507 e. The van der Waals surface area contributed by atoms with E-state index < -0.39 is 0 Å². The molecule has 114 valence electrons. The third-order valence-electron chi connectivity index (χ3n) is 3.57. The molecule has 3 aromatic rings. The van der Waals surface area contributed by atoms with Gasteiger partial charge in [-0.15, -0.1) is 0 Å². The Balaban J connectivity index is 1.98. The minimum Gasteiger partial charge on any atom is -0.507 e. The molecule has 23 heavy (non-hydrogen) atoms. The average molecular weight is 343 g/mol. The Morgan fingerprint density at radius 3 is 2.35 bits per heavy atom. The molecule has 0 radical (unpaired) electrons. The van der Waals surface area contributed by atoms with E-state index in [0.717, 1.165) is 5.39 Å². The second-order valence-corrected chi connectivity index (χ2v) is 5.83. The fraction of sp³-hybridized carbons (Fsp3) is 0. The van der Waals surface area contributed by atoms with Crippen molar-refractivity contribution in [3.05, 3.63) is 81.8 Å². The van der Waals surface area contributed by atoms with Crippen molar-refractivity contribution in [2.24, 2.45) is 0 Å². The SMILES string of the molecule is O=C(C=Cc1c(Cl)cccc1Cl)c1ccc2ccccc2c1O. The molecule has 0 aliphatic rings. The monoisotopic (exact) mass is 342 g/mol. The van der Waals surface area contributed by atoms with E-state index in [1.807, 2.05) is 18.2 Å². The number of hydrogen-bond acceptors (Lipinski definition) is 2. The van der Waals surface area contributed by atoms with Gasteiger partial charge in [0.1, 0.15) is 5.75 Å². The van der Waals surface area contributed by atoms with Crippen LogP contribution in [0, 0.1) is 0 Å². The van der Waals surface area contributed by atoms with Crippen LogP contribution >= 0.6 is 23.2 Å². The molecule has 0 fully saturated rings. The fourth-order valence-corrected chi connectivity index (χ4v) is 2.90. The van der Waals surface area contributed by atoms with Crippen LogP contribution in [-0.2, 0) is 0 Å². The van der Waals surface area contributed by atoms with Crippen LogP contribution in [0.25, 0.3) is 16.8 Å². The maximum Gasteiger partial charge on any atom is 0.189 e. The Morgan fingerprint density at radius 2 is 1.61 bits per heavy atom. The number of allylic oxidation sites excluding steroid dienone is 1. The Kier molecular flexibility index (Phi) is 4.37. The van der Waals surface area contributed by atoms with Gasteiger partial charge in [0, 0.05) is 21.0 Å². The zero-order valence-electron chi connectivity index (χ0n) is 12.0. The highest BCUT2D eigenvalue weighted by Gasteiger charge is 2.12. The molecule has 0 saturated heterocycles. The van der Waals surface area contributed by atoms with Gasteiger partial charge in [0.15, 0.2) is 5.78 Å². The molecule has 3 rings (SSSR count). The van der Waals surface area contributed by atoms with Crippen molar-refractivity contribution in [3.63, 3.8) is 0 Å². The molecule has 0 amide bonds. The minimum atomic E-state index is -0.316. The normalized spacial score (nSPS) is 11.2. The lowest BCUT2D eigenvalue weighted by Gasteiger charge is -2.05. The molecular formula is C19H12Cl2O2. The molecule has 0 saturated carbocycles. The standard InChI is InChI=1S/C19H12Cl2O2/c20-16-6-3-7-17(21)14(16)10-11-18(22)15-9-8-12-4-1-2-5-13(12)19(15)23/h1-11,23H. The summed E-state index contributed by atoms with van der Waals surface area (Å²) < 4.78 is 0. The van der Waals surface area contributed by atoms with Crippen LogP contribution in [0.4, 0.5) is 0 Å². The summed E-state index contributed by atoms with van der Waals surface area (Å²) in [4.78, 5) is 12.4. The van der Waals surface area contributed by atoms with Crippen molar-refractivity contribution in [2.75, 3.05) is 0 Å². The topological polar surface area (TPSA) is 37.3 Å². The molecule has 0 unspecified atom stereocenters. The Bertz CT molecular complexity index is 910. The third kappa shape index (κ3) is 3.09. The summed E-state index contributed by atoms with van der Waals surface area (Å²) in [6, 6.07) is 15.9. The van der Waals surface area contributed by atoms with Crippen LogP contribution in [0.2, 0.25) is 10.0 Å².